The number of hydrogen-bond donors (Lipinski definition) is 1. The molecular weight excluding hydrogens is 248 g/mol. The van der Waals surface area contributed by atoms with Crippen molar-refractivity contribution >= 4 is 10.9 Å². The van der Waals surface area contributed by atoms with Crippen LogP contribution in [0.15, 0.2) is 60.8 Å². The Hall–Kier alpha value is -2.26. The van der Waals surface area contributed by atoms with Crippen molar-refractivity contribution in [2.75, 3.05) is 6.61 Å². The first kappa shape index (κ1) is 12.8. The van der Waals surface area contributed by atoms with Gasteiger partial charge in [0, 0.05) is 18.3 Å². The van der Waals surface area contributed by atoms with Crippen molar-refractivity contribution in [3.8, 4) is 5.75 Å². The van der Waals surface area contributed by atoms with Crippen LogP contribution in [0.2, 0.25) is 0 Å². The summed E-state index contributed by atoms with van der Waals surface area (Å²) in [6.45, 7) is 2.06. The van der Waals surface area contributed by atoms with E-state index in [-0.39, 0.29) is 0 Å². The summed E-state index contributed by atoms with van der Waals surface area (Å²) < 4.78 is 7.98. The second-order valence-electron chi connectivity index (χ2n) is 4.76. The molecule has 3 rings (SSSR count). The molecule has 0 spiro atoms. The van der Waals surface area contributed by atoms with Gasteiger partial charge < -0.3 is 15.0 Å². The summed E-state index contributed by atoms with van der Waals surface area (Å²) in [7, 11) is 0. The number of benzene rings is 2. The number of nitrogens with zero attached hydrogens (tertiary/aromatic N) is 1. The van der Waals surface area contributed by atoms with Gasteiger partial charge in [-0.1, -0.05) is 30.3 Å². The summed E-state index contributed by atoms with van der Waals surface area (Å²) >= 11 is 0. The molecule has 0 aliphatic rings. The van der Waals surface area contributed by atoms with Gasteiger partial charge in [0.15, 0.2) is 0 Å². The highest BCUT2D eigenvalue weighted by Gasteiger charge is 2.00. The van der Waals surface area contributed by atoms with E-state index in [2.05, 4.69) is 41.1 Å². The molecule has 3 heteroatoms. The van der Waals surface area contributed by atoms with E-state index in [0.29, 0.717) is 13.2 Å². The van der Waals surface area contributed by atoms with Gasteiger partial charge in [0.1, 0.15) is 12.4 Å². The standard InChI is InChI=1S/C17H18N2O/c18-13-14-5-7-16(8-6-14)20-12-11-19-10-9-15-3-1-2-4-17(15)19/h1-10H,11-13,18H2. The lowest BCUT2D eigenvalue weighted by atomic mass is 10.2. The number of nitrogens with two attached hydrogens (primary N) is 1. The van der Waals surface area contributed by atoms with Crippen LogP contribution >= 0.6 is 0 Å². The van der Waals surface area contributed by atoms with Crippen LogP contribution in [0.1, 0.15) is 5.56 Å². The minimum absolute atomic E-state index is 0.565. The molecule has 0 aliphatic carbocycles. The molecule has 2 aromatic carbocycles. The van der Waals surface area contributed by atoms with Crippen LogP contribution in [-0.4, -0.2) is 11.2 Å². The van der Waals surface area contributed by atoms with Crippen LogP contribution in [0, 0.1) is 0 Å². The Balaban J connectivity index is 1.62. The molecule has 3 aromatic rings. The molecule has 0 aliphatic heterocycles. The summed E-state index contributed by atoms with van der Waals surface area (Å²) in [6, 6.07) is 18.4. The quantitative estimate of drug-likeness (QED) is 0.770. The molecule has 0 bridgehead atoms. The second-order valence-corrected chi connectivity index (χ2v) is 4.76. The zero-order valence-corrected chi connectivity index (χ0v) is 11.3. The van der Waals surface area contributed by atoms with Gasteiger partial charge in [-0.3, -0.25) is 0 Å². The summed E-state index contributed by atoms with van der Waals surface area (Å²) in [4.78, 5) is 0. The minimum Gasteiger partial charge on any atom is -0.492 e. The van der Waals surface area contributed by atoms with Crippen LogP contribution in [0.4, 0.5) is 0 Å². The first-order valence-electron chi connectivity index (χ1n) is 6.82. The predicted octanol–water partition coefficient (Wildman–Crippen LogP) is 3.18. The molecule has 3 nitrogen and oxygen atoms in total. The molecule has 0 atom stereocenters. The number of para-hydroxylation sites is 1. The highest BCUT2D eigenvalue weighted by molar-refractivity contribution is 5.79. The Morgan fingerprint density at radius 3 is 2.55 bits per heavy atom. The smallest absolute Gasteiger partial charge is 0.119 e. The van der Waals surface area contributed by atoms with E-state index in [4.69, 9.17) is 10.5 Å². The summed E-state index contributed by atoms with van der Waals surface area (Å²) in [5, 5.41) is 1.26. The zero-order valence-electron chi connectivity index (χ0n) is 11.3. The molecule has 0 radical (unpaired) electrons. The topological polar surface area (TPSA) is 40.2 Å². The van der Waals surface area contributed by atoms with Gasteiger partial charge >= 0.3 is 0 Å². The van der Waals surface area contributed by atoms with Crippen molar-refractivity contribution in [3.05, 3.63) is 66.4 Å². The molecule has 0 fully saturated rings. The monoisotopic (exact) mass is 266 g/mol. The van der Waals surface area contributed by atoms with E-state index in [0.717, 1.165) is 17.9 Å². The maximum absolute atomic E-state index is 5.77. The number of ether oxygens (including phenoxy) is 1. The van der Waals surface area contributed by atoms with Crippen molar-refractivity contribution in [2.45, 2.75) is 13.1 Å². The fourth-order valence-electron chi connectivity index (χ4n) is 2.32. The van der Waals surface area contributed by atoms with E-state index in [1.807, 2.05) is 24.3 Å². The average molecular weight is 266 g/mol. The highest BCUT2D eigenvalue weighted by Crippen LogP contribution is 2.16. The molecule has 0 unspecified atom stereocenters. The number of aromatic nitrogens is 1. The Bertz CT molecular complexity index is 686. The number of hydrogen-bond acceptors (Lipinski definition) is 2. The zero-order chi connectivity index (χ0) is 13.8. The normalized spacial score (nSPS) is 10.8. The van der Waals surface area contributed by atoms with Crippen LogP contribution < -0.4 is 10.5 Å². The Morgan fingerprint density at radius 1 is 0.950 bits per heavy atom. The summed E-state index contributed by atoms with van der Waals surface area (Å²) in [5.74, 6) is 0.888. The van der Waals surface area contributed by atoms with E-state index < -0.39 is 0 Å². The van der Waals surface area contributed by atoms with E-state index in [9.17, 15) is 0 Å². The van der Waals surface area contributed by atoms with Gasteiger partial charge in [-0.2, -0.15) is 0 Å². The van der Waals surface area contributed by atoms with Crippen LogP contribution in [0.5, 0.6) is 5.75 Å². The number of rotatable bonds is 5. The van der Waals surface area contributed by atoms with Gasteiger partial charge in [-0.25, -0.2) is 0 Å². The summed E-state index contributed by atoms with van der Waals surface area (Å²) in [5.41, 5.74) is 7.94. The van der Waals surface area contributed by atoms with Crippen molar-refractivity contribution in [1.29, 1.82) is 0 Å². The lowest BCUT2D eigenvalue weighted by molar-refractivity contribution is 0.300. The van der Waals surface area contributed by atoms with E-state index in [1.165, 1.54) is 10.9 Å². The van der Waals surface area contributed by atoms with Crippen molar-refractivity contribution < 1.29 is 4.74 Å². The molecule has 2 N–H and O–H groups in total. The predicted molar refractivity (Wildman–Crippen MR) is 81.8 cm³/mol. The van der Waals surface area contributed by atoms with Crippen molar-refractivity contribution in [1.82, 2.24) is 4.57 Å². The van der Waals surface area contributed by atoms with Gasteiger partial charge in [0.2, 0.25) is 0 Å². The van der Waals surface area contributed by atoms with E-state index >= 15 is 0 Å². The third-order valence-electron chi connectivity index (χ3n) is 3.44. The lowest BCUT2D eigenvalue weighted by Gasteiger charge is -2.08. The Morgan fingerprint density at radius 2 is 1.75 bits per heavy atom. The fourth-order valence-corrected chi connectivity index (χ4v) is 2.32. The first-order valence-corrected chi connectivity index (χ1v) is 6.82. The lowest BCUT2D eigenvalue weighted by Crippen LogP contribution is -2.07. The number of fused-ring (bicyclic) bond motifs is 1. The average Bonchev–Trinajstić information content (AvgIpc) is 2.92. The van der Waals surface area contributed by atoms with Crippen molar-refractivity contribution in [2.24, 2.45) is 5.73 Å². The van der Waals surface area contributed by atoms with Crippen LogP contribution in [0.25, 0.3) is 10.9 Å². The third kappa shape index (κ3) is 2.68. The third-order valence-corrected chi connectivity index (χ3v) is 3.44. The summed E-state index contributed by atoms with van der Waals surface area (Å²) in [6.07, 6.45) is 2.10. The van der Waals surface area contributed by atoms with Crippen LogP contribution in [0.3, 0.4) is 0 Å². The minimum atomic E-state index is 0.565. The molecule has 20 heavy (non-hydrogen) atoms. The maximum atomic E-state index is 5.77. The fraction of sp³-hybridized carbons (Fsp3) is 0.176. The SMILES string of the molecule is NCc1ccc(OCCn2ccc3ccccc32)cc1. The largest absolute Gasteiger partial charge is 0.492 e. The van der Waals surface area contributed by atoms with Crippen LogP contribution in [-0.2, 0) is 13.1 Å². The molecule has 0 saturated heterocycles. The Labute approximate surface area is 118 Å². The van der Waals surface area contributed by atoms with Gasteiger partial charge in [0.05, 0.1) is 6.54 Å². The molecule has 1 heterocycles. The van der Waals surface area contributed by atoms with Gasteiger partial charge in [0.25, 0.3) is 0 Å². The molecule has 0 amide bonds. The second kappa shape index (κ2) is 5.80. The van der Waals surface area contributed by atoms with Crippen molar-refractivity contribution in [3.63, 3.8) is 0 Å². The molecular formula is C17H18N2O. The van der Waals surface area contributed by atoms with Gasteiger partial charge in [-0.05, 0) is 35.2 Å². The highest BCUT2D eigenvalue weighted by atomic mass is 16.5. The molecule has 1 aromatic heterocycles. The van der Waals surface area contributed by atoms with Gasteiger partial charge in [-0.15, -0.1) is 0 Å². The maximum Gasteiger partial charge on any atom is 0.119 e. The Kier molecular flexibility index (Phi) is 3.70. The molecule has 102 valence electrons. The first-order chi connectivity index (χ1) is 9.86. The van der Waals surface area contributed by atoms with E-state index in [1.54, 1.807) is 0 Å². The molecule has 0 saturated carbocycles.